The summed E-state index contributed by atoms with van der Waals surface area (Å²) >= 11 is 10.8. The first kappa shape index (κ1) is 14.7. The van der Waals surface area contributed by atoms with Gasteiger partial charge in [-0.3, -0.25) is 9.59 Å². The lowest BCUT2D eigenvalue weighted by Gasteiger charge is -2.08. The number of nitrogens with one attached hydrogen (secondary N) is 1. The molecule has 7 heteroatoms. The Bertz CT molecular complexity index is 466. The number of halogens is 3. The number of amides is 1. The minimum atomic E-state index is -1.35. The Morgan fingerprint density at radius 2 is 2.11 bits per heavy atom. The summed E-state index contributed by atoms with van der Waals surface area (Å²) in [6, 6.07) is 3.49. The van der Waals surface area contributed by atoms with Crippen LogP contribution in [0.5, 0.6) is 5.75 Å². The fraction of sp³-hybridized carbons (Fsp3) is 0.273. The Kier molecular flexibility index (Phi) is 5.37. The molecule has 0 radical (unpaired) electrons. The first-order valence-corrected chi connectivity index (χ1v) is 5.78. The molecule has 0 aliphatic rings. The maximum atomic E-state index is 13.4. The zero-order chi connectivity index (χ0) is 13.7. The van der Waals surface area contributed by atoms with Gasteiger partial charge in [0.2, 0.25) is 0 Å². The van der Waals surface area contributed by atoms with Gasteiger partial charge in [0.15, 0.2) is 17.2 Å². The maximum absolute atomic E-state index is 13.4. The smallest absolute Gasteiger partial charge is 0.257 e. The highest BCUT2D eigenvalue weighted by molar-refractivity contribution is 6.55. The van der Waals surface area contributed by atoms with Crippen molar-refractivity contribution in [3.05, 3.63) is 29.6 Å². The van der Waals surface area contributed by atoms with Crippen LogP contribution in [0.25, 0.3) is 0 Å². The van der Waals surface area contributed by atoms with Gasteiger partial charge >= 0.3 is 0 Å². The van der Waals surface area contributed by atoms with Gasteiger partial charge in [-0.25, -0.2) is 4.39 Å². The van der Waals surface area contributed by atoms with Crippen molar-refractivity contribution in [2.75, 3.05) is 13.7 Å². The highest BCUT2D eigenvalue weighted by Crippen LogP contribution is 2.21. The molecule has 98 valence electrons. The molecule has 0 aromatic heterocycles. The van der Waals surface area contributed by atoms with E-state index < -0.39 is 16.4 Å². The summed E-state index contributed by atoms with van der Waals surface area (Å²) in [5.41, 5.74) is -0.278. The summed E-state index contributed by atoms with van der Waals surface area (Å²) in [6.07, 6.45) is 0. The summed E-state index contributed by atoms with van der Waals surface area (Å²) in [6.45, 7) is -0.235. The van der Waals surface area contributed by atoms with Crippen molar-refractivity contribution < 1.29 is 18.7 Å². The van der Waals surface area contributed by atoms with Crippen molar-refractivity contribution >= 4 is 34.9 Å². The van der Waals surface area contributed by atoms with Crippen LogP contribution in [0.4, 0.5) is 4.39 Å². The highest BCUT2D eigenvalue weighted by Gasteiger charge is 2.19. The molecule has 0 bridgehead atoms. The molecule has 0 aliphatic heterocycles. The summed E-state index contributed by atoms with van der Waals surface area (Å²) in [4.78, 5) is 21.1. The molecule has 0 aliphatic carbocycles. The third kappa shape index (κ3) is 3.85. The van der Waals surface area contributed by atoms with E-state index in [2.05, 4.69) is 5.32 Å². The van der Waals surface area contributed by atoms with E-state index in [4.69, 9.17) is 27.9 Å². The van der Waals surface area contributed by atoms with Gasteiger partial charge < -0.3 is 10.1 Å². The number of ether oxygens (including phenoxy) is 1. The van der Waals surface area contributed by atoms with Gasteiger partial charge in [-0.1, -0.05) is 23.2 Å². The molecule has 4 nitrogen and oxygen atoms in total. The normalized spacial score (nSPS) is 10.3. The predicted octanol–water partition coefficient (Wildman–Crippen LogP) is 1.94. The predicted molar refractivity (Wildman–Crippen MR) is 65.8 cm³/mol. The van der Waals surface area contributed by atoms with E-state index in [-0.39, 0.29) is 23.8 Å². The molecule has 1 amide bonds. The van der Waals surface area contributed by atoms with Crippen LogP contribution in [0.2, 0.25) is 0 Å². The number of rotatable bonds is 5. The Morgan fingerprint density at radius 1 is 1.44 bits per heavy atom. The zero-order valence-electron chi connectivity index (χ0n) is 9.38. The molecule has 18 heavy (non-hydrogen) atoms. The molecule has 0 fully saturated rings. The Labute approximate surface area is 113 Å². The average molecular weight is 294 g/mol. The van der Waals surface area contributed by atoms with Gasteiger partial charge in [0.05, 0.1) is 5.56 Å². The van der Waals surface area contributed by atoms with Gasteiger partial charge in [-0.15, -0.1) is 0 Å². The van der Waals surface area contributed by atoms with Crippen LogP contribution >= 0.6 is 23.2 Å². The van der Waals surface area contributed by atoms with Crippen LogP contribution in [0, 0.1) is 5.82 Å². The molecule has 0 saturated carbocycles. The molecule has 0 heterocycles. The summed E-state index contributed by atoms with van der Waals surface area (Å²) in [5, 5.41) is 2.36. The highest BCUT2D eigenvalue weighted by atomic mass is 35.5. The van der Waals surface area contributed by atoms with E-state index >= 15 is 0 Å². The van der Waals surface area contributed by atoms with Gasteiger partial charge in [-0.05, 0) is 18.2 Å². The van der Waals surface area contributed by atoms with E-state index in [9.17, 15) is 14.0 Å². The van der Waals surface area contributed by atoms with Gasteiger partial charge in [0, 0.05) is 7.05 Å². The van der Waals surface area contributed by atoms with Crippen LogP contribution in [-0.2, 0) is 4.79 Å². The molecule has 0 saturated heterocycles. The van der Waals surface area contributed by atoms with Crippen molar-refractivity contribution in [1.29, 1.82) is 0 Å². The SMILES string of the molecule is CNC(=O)COc1ccc(F)c(C(=O)C(Cl)Cl)c1. The fourth-order valence-corrected chi connectivity index (χ4v) is 1.36. The molecule has 0 unspecified atom stereocenters. The molecular formula is C11H10Cl2FNO3. The van der Waals surface area contributed by atoms with E-state index in [1.807, 2.05) is 0 Å². The third-order valence-corrected chi connectivity index (χ3v) is 2.45. The van der Waals surface area contributed by atoms with Crippen LogP contribution in [-0.4, -0.2) is 30.2 Å². The largest absolute Gasteiger partial charge is 0.484 e. The van der Waals surface area contributed by atoms with Crippen LogP contribution in [0.1, 0.15) is 10.4 Å². The second-order valence-corrected chi connectivity index (χ2v) is 4.36. The Morgan fingerprint density at radius 3 is 2.67 bits per heavy atom. The topological polar surface area (TPSA) is 55.4 Å². The second-order valence-electron chi connectivity index (χ2n) is 3.27. The number of carbonyl (C=O) groups is 2. The number of likely N-dealkylation sites (N-methyl/N-ethyl adjacent to an activating group) is 1. The van der Waals surface area contributed by atoms with Crippen molar-refractivity contribution in [1.82, 2.24) is 5.32 Å². The van der Waals surface area contributed by atoms with E-state index in [1.54, 1.807) is 0 Å². The second kappa shape index (κ2) is 6.56. The van der Waals surface area contributed by atoms with Gasteiger partial charge in [0.25, 0.3) is 5.91 Å². The number of benzene rings is 1. The fourth-order valence-electron chi connectivity index (χ4n) is 1.12. The molecule has 1 aromatic rings. The Balaban J connectivity index is 2.87. The number of hydrogen-bond donors (Lipinski definition) is 1. The minimum absolute atomic E-state index is 0.178. The minimum Gasteiger partial charge on any atom is -0.484 e. The number of Topliss-reactive ketones (excluding diaryl/α,β-unsaturated/α-hetero) is 1. The van der Waals surface area contributed by atoms with E-state index in [1.165, 1.54) is 13.1 Å². The van der Waals surface area contributed by atoms with Crippen LogP contribution in [0.3, 0.4) is 0 Å². The standard InChI is InChI=1S/C11H10Cl2FNO3/c1-15-9(16)5-18-6-2-3-8(14)7(4-6)10(17)11(12)13/h2-4,11H,5H2,1H3,(H,15,16). The number of alkyl halides is 2. The first-order chi connectivity index (χ1) is 8.45. The summed E-state index contributed by atoms with van der Waals surface area (Å²) in [7, 11) is 1.46. The molecule has 0 atom stereocenters. The maximum Gasteiger partial charge on any atom is 0.257 e. The average Bonchev–Trinajstić information content (AvgIpc) is 2.36. The lowest BCUT2D eigenvalue weighted by molar-refractivity contribution is -0.122. The molecule has 0 spiro atoms. The third-order valence-electron chi connectivity index (χ3n) is 2.05. The number of carbonyl (C=O) groups excluding carboxylic acids is 2. The van der Waals surface area contributed by atoms with Crippen molar-refractivity contribution in [2.45, 2.75) is 4.84 Å². The molecule has 1 aromatic carbocycles. The number of ketones is 1. The van der Waals surface area contributed by atoms with Crippen molar-refractivity contribution in [3.8, 4) is 5.75 Å². The summed E-state index contributed by atoms with van der Waals surface area (Å²) in [5.74, 6) is -1.68. The molecule has 1 N–H and O–H groups in total. The zero-order valence-corrected chi connectivity index (χ0v) is 10.9. The van der Waals surface area contributed by atoms with Gasteiger partial charge in [-0.2, -0.15) is 0 Å². The quantitative estimate of drug-likeness (QED) is 0.667. The molecule has 1 rings (SSSR count). The van der Waals surface area contributed by atoms with E-state index in [0.717, 1.165) is 12.1 Å². The lowest BCUT2D eigenvalue weighted by atomic mass is 10.1. The monoisotopic (exact) mass is 293 g/mol. The Hall–Kier alpha value is -1.33. The van der Waals surface area contributed by atoms with Crippen LogP contribution in [0.15, 0.2) is 18.2 Å². The van der Waals surface area contributed by atoms with Crippen molar-refractivity contribution in [3.63, 3.8) is 0 Å². The van der Waals surface area contributed by atoms with E-state index in [0.29, 0.717) is 0 Å². The van der Waals surface area contributed by atoms with Gasteiger partial charge in [0.1, 0.15) is 11.6 Å². The van der Waals surface area contributed by atoms with Crippen molar-refractivity contribution in [2.24, 2.45) is 0 Å². The van der Waals surface area contributed by atoms with Crippen LogP contribution < -0.4 is 10.1 Å². The first-order valence-electron chi connectivity index (χ1n) is 4.91. The lowest BCUT2D eigenvalue weighted by Crippen LogP contribution is -2.24. The number of hydrogen-bond acceptors (Lipinski definition) is 3. The molecular weight excluding hydrogens is 284 g/mol. The summed E-state index contributed by atoms with van der Waals surface area (Å²) < 4.78 is 18.4.